The molecule has 5 heteroatoms. The monoisotopic (exact) mass is 214 g/mol. The van der Waals surface area contributed by atoms with Crippen LogP contribution in [0.3, 0.4) is 0 Å². The van der Waals surface area contributed by atoms with Crippen LogP contribution in [-0.4, -0.2) is 21.6 Å². The summed E-state index contributed by atoms with van der Waals surface area (Å²) in [7, 11) is 0. The van der Waals surface area contributed by atoms with Crippen molar-refractivity contribution in [3.8, 4) is 0 Å². The van der Waals surface area contributed by atoms with Gasteiger partial charge in [-0.1, -0.05) is 11.3 Å². The predicted molar refractivity (Wildman–Crippen MR) is 57.2 cm³/mol. The molecule has 0 spiro atoms. The Bertz CT molecular complexity index is 352. The molecule has 14 heavy (non-hydrogen) atoms. The van der Waals surface area contributed by atoms with Gasteiger partial charge in [-0.05, 0) is 27.7 Å². The number of aromatic nitrogens is 1. The quantitative estimate of drug-likeness (QED) is 0.793. The van der Waals surface area contributed by atoms with Crippen molar-refractivity contribution in [3.05, 3.63) is 10.6 Å². The predicted octanol–water partition coefficient (Wildman–Crippen LogP) is 2.36. The van der Waals surface area contributed by atoms with Crippen molar-refractivity contribution in [2.24, 2.45) is 0 Å². The van der Waals surface area contributed by atoms with Crippen molar-refractivity contribution in [2.45, 2.75) is 33.2 Å². The van der Waals surface area contributed by atoms with Gasteiger partial charge in [0.05, 0.1) is 5.69 Å². The highest BCUT2D eigenvalue weighted by Gasteiger charge is 2.17. The van der Waals surface area contributed by atoms with Crippen LogP contribution in [0.4, 0.5) is 5.13 Å². The lowest BCUT2D eigenvalue weighted by Gasteiger charge is -2.19. The van der Waals surface area contributed by atoms with Crippen molar-refractivity contribution in [1.82, 2.24) is 4.98 Å². The zero-order chi connectivity index (χ0) is 10.9. The summed E-state index contributed by atoms with van der Waals surface area (Å²) in [6, 6.07) is 0. The number of anilines is 1. The molecule has 0 aliphatic heterocycles. The molecule has 0 aromatic carbocycles. The Morgan fingerprint density at radius 2 is 2.07 bits per heavy atom. The number of hydrogen-bond donors (Lipinski definition) is 2. The summed E-state index contributed by atoms with van der Waals surface area (Å²) >= 11 is 1.17. The molecule has 0 aliphatic rings. The standard InChI is InChI=1S/C9H14N2O2S/c1-5-6(7(12)13)14-8(10-5)11-9(2,3)4/h1-4H3,(H,10,11)(H,12,13). The first-order chi connectivity index (χ1) is 6.29. The van der Waals surface area contributed by atoms with Crippen molar-refractivity contribution in [2.75, 3.05) is 5.32 Å². The number of hydrogen-bond acceptors (Lipinski definition) is 4. The minimum Gasteiger partial charge on any atom is -0.477 e. The molecular formula is C9H14N2O2S. The number of rotatable bonds is 2. The first-order valence-corrected chi connectivity index (χ1v) is 5.10. The Labute approximate surface area is 87.0 Å². The fraction of sp³-hybridized carbons (Fsp3) is 0.556. The van der Waals surface area contributed by atoms with Crippen molar-refractivity contribution >= 4 is 22.4 Å². The fourth-order valence-corrected chi connectivity index (χ4v) is 1.98. The average molecular weight is 214 g/mol. The zero-order valence-corrected chi connectivity index (χ0v) is 9.53. The second-order valence-electron chi connectivity index (χ2n) is 4.11. The molecule has 0 atom stereocenters. The fourth-order valence-electron chi connectivity index (χ4n) is 0.969. The van der Waals surface area contributed by atoms with E-state index in [4.69, 9.17) is 5.11 Å². The molecule has 4 nitrogen and oxygen atoms in total. The number of aryl methyl sites for hydroxylation is 1. The van der Waals surface area contributed by atoms with E-state index in [1.807, 2.05) is 20.8 Å². The summed E-state index contributed by atoms with van der Waals surface area (Å²) in [4.78, 5) is 15.2. The van der Waals surface area contributed by atoms with Gasteiger partial charge < -0.3 is 10.4 Å². The zero-order valence-electron chi connectivity index (χ0n) is 8.71. The molecular weight excluding hydrogens is 200 g/mol. The number of thiazole rings is 1. The highest BCUT2D eigenvalue weighted by atomic mass is 32.1. The Hall–Kier alpha value is -1.10. The molecule has 0 amide bonds. The van der Waals surface area contributed by atoms with Crippen LogP contribution in [0.1, 0.15) is 36.1 Å². The summed E-state index contributed by atoms with van der Waals surface area (Å²) in [5, 5.41) is 12.6. The van der Waals surface area contributed by atoms with E-state index in [0.29, 0.717) is 15.7 Å². The number of carbonyl (C=O) groups is 1. The smallest absolute Gasteiger partial charge is 0.347 e. The number of aromatic carboxylic acids is 1. The molecule has 0 saturated carbocycles. The molecule has 2 N–H and O–H groups in total. The van der Waals surface area contributed by atoms with Crippen LogP contribution in [0, 0.1) is 6.92 Å². The summed E-state index contributed by atoms with van der Waals surface area (Å²) in [5.41, 5.74) is 0.467. The van der Waals surface area contributed by atoms with Gasteiger partial charge in [0.25, 0.3) is 0 Å². The lowest BCUT2D eigenvalue weighted by Crippen LogP contribution is -2.25. The third kappa shape index (κ3) is 2.70. The van der Waals surface area contributed by atoms with Gasteiger partial charge in [0.1, 0.15) is 4.88 Å². The van der Waals surface area contributed by atoms with E-state index in [2.05, 4.69) is 10.3 Å². The summed E-state index contributed by atoms with van der Waals surface area (Å²) < 4.78 is 0. The molecule has 1 aromatic heterocycles. The van der Waals surface area contributed by atoms with E-state index < -0.39 is 5.97 Å². The Morgan fingerprint density at radius 1 is 1.50 bits per heavy atom. The molecule has 1 heterocycles. The van der Waals surface area contributed by atoms with E-state index in [-0.39, 0.29) is 5.54 Å². The molecule has 0 unspecified atom stereocenters. The van der Waals surface area contributed by atoms with E-state index in [1.54, 1.807) is 6.92 Å². The highest BCUT2D eigenvalue weighted by molar-refractivity contribution is 7.17. The maximum atomic E-state index is 10.7. The van der Waals surface area contributed by atoms with Crippen LogP contribution < -0.4 is 5.32 Å². The number of nitrogens with zero attached hydrogens (tertiary/aromatic N) is 1. The topological polar surface area (TPSA) is 62.2 Å². The van der Waals surface area contributed by atoms with Gasteiger partial charge in [-0.25, -0.2) is 9.78 Å². The van der Waals surface area contributed by atoms with Gasteiger partial charge in [-0.3, -0.25) is 0 Å². The van der Waals surface area contributed by atoms with Crippen LogP contribution in [0.5, 0.6) is 0 Å². The van der Waals surface area contributed by atoms with Crippen LogP contribution in [0.2, 0.25) is 0 Å². The maximum absolute atomic E-state index is 10.7. The van der Waals surface area contributed by atoms with E-state index in [0.717, 1.165) is 0 Å². The van der Waals surface area contributed by atoms with Gasteiger partial charge in [-0.2, -0.15) is 0 Å². The van der Waals surface area contributed by atoms with E-state index in [9.17, 15) is 4.79 Å². The lowest BCUT2D eigenvalue weighted by atomic mass is 10.1. The number of nitrogens with one attached hydrogen (secondary N) is 1. The van der Waals surface area contributed by atoms with Gasteiger partial charge in [0, 0.05) is 5.54 Å². The van der Waals surface area contributed by atoms with Crippen molar-refractivity contribution < 1.29 is 9.90 Å². The molecule has 0 aliphatic carbocycles. The Kier molecular flexibility index (Phi) is 2.80. The number of carboxylic acids is 1. The summed E-state index contributed by atoms with van der Waals surface area (Å²) in [6.45, 7) is 7.71. The second kappa shape index (κ2) is 3.57. The highest BCUT2D eigenvalue weighted by Crippen LogP contribution is 2.24. The summed E-state index contributed by atoms with van der Waals surface area (Å²) in [5.74, 6) is -0.915. The van der Waals surface area contributed by atoms with E-state index in [1.165, 1.54) is 11.3 Å². The molecule has 0 fully saturated rings. The third-order valence-corrected chi connectivity index (χ3v) is 2.53. The molecule has 1 rings (SSSR count). The van der Waals surface area contributed by atoms with Gasteiger partial charge in [0.15, 0.2) is 5.13 Å². The largest absolute Gasteiger partial charge is 0.477 e. The van der Waals surface area contributed by atoms with Gasteiger partial charge in [0.2, 0.25) is 0 Å². The SMILES string of the molecule is Cc1nc(NC(C)(C)C)sc1C(=O)O. The molecule has 0 bridgehead atoms. The second-order valence-corrected chi connectivity index (χ2v) is 5.11. The van der Waals surface area contributed by atoms with Crippen LogP contribution >= 0.6 is 11.3 Å². The Morgan fingerprint density at radius 3 is 2.43 bits per heavy atom. The maximum Gasteiger partial charge on any atom is 0.347 e. The van der Waals surface area contributed by atoms with Crippen molar-refractivity contribution in [1.29, 1.82) is 0 Å². The normalized spacial score (nSPS) is 11.4. The molecule has 0 radical (unpaired) electrons. The minimum atomic E-state index is -0.915. The first kappa shape index (κ1) is 11.0. The van der Waals surface area contributed by atoms with E-state index >= 15 is 0 Å². The molecule has 78 valence electrons. The third-order valence-electron chi connectivity index (χ3n) is 1.47. The molecule has 1 aromatic rings. The van der Waals surface area contributed by atoms with Crippen LogP contribution in [0.15, 0.2) is 0 Å². The van der Waals surface area contributed by atoms with Crippen LogP contribution in [-0.2, 0) is 0 Å². The van der Waals surface area contributed by atoms with Crippen molar-refractivity contribution in [3.63, 3.8) is 0 Å². The number of carboxylic acid groups (broad SMARTS) is 1. The van der Waals surface area contributed by atoms with Gasteiger partial charge >= 0.3 is 5.97 Å². The average Bonchev–Trinajstić information content (AvgIpc) is 2.26. The molecule has 0 saturated heterocycles. The summed E-state index contributed by atoms with van der Waals surface area (Å²) in [6.07, 6.45) is 0. The van der Waals surface area contributed by atoms with Crippen LogP contribution in [0.25, 0.3) is 0 Å². The minimum absolute atomic E-state index is 0.0972. The van der Waals surface area contributed by atoms with Gasteiger partial charge in [-0.15, -0.1) is 0 Å². The lowest BCUT2D eigenvalue weighted by molar-refractivity contribution is 0.0701. The Balaban J connectivity index is 2.92. The first-order valence-electron chi connectivity index (χ1n) is 4.28.